The maximum Gasteiger partial charge on any atom is 0.274 e. The highest BCUT2D eigenvalue weighted by molar-refractivity contribution is 5.92. The number of hydrogen-bond acceptors (Lipinski definition) is 6. The molecule has 2 fully saturated rings. The van der Waals surface area contributed by atoms with Crippen molar-refractivity contribution in [3.63, 3.8) is 0 Å². The standard InChI is InChI=1S/C22H28N4O3/c1-3-16-6-5-7-17(4-2)20(16)23-19-9-8-18(24-25-19)21(27)26-12-10-22(11-13-26)28-14-15-29-22/h5-9H,3-4,10-15H2,1-2H3,(H,23,25). The third-order valence-electron chi connectivity index (χ3n) is 5.76. The van der Waals surface area contributed by atoms with E-state index in [-0.39, 0.29) is 5.91 Å². The van der Waals surface area contributed by atoms with Crippen LogP contribution in [-0.4, -0.2) is 53.1 Å². The Balaban J connectivity index is 1.43. The topological polar surface area (TPSA) is 76.6 Å². The summed E-state index contributed by atoms with van der Waals surface area (Å²) in [4.78, 5) is 14.6. The average molecular weight is 396 g/mol. The third kappa shape index (κ3) is 4.11. The van der Waals surface area contributed by atoms with E-state index in [9.17, 15) is 4.79 Å². The van der Waals surface area contributed by atoms with Gasteiger partial charge in [0.05, 0.1) is 13.2 Å². The zero-order chi connectivity index (χ0) is 20.3. The van der Waals surface area contributed by atoms with E-state index in [0.717, 1.165) is 18.5 Å². The molecule has 0 atom stereocenters. The molecule has 1 amide bonds. The Morgan fingerprint density at radius 3 is 2.24 bits per heavy atom. The van der Waals surface area contributed by atoms with Gasteiger partial charge in [-0.25, -0.2) is 0 Å². The van der Waals surface area contributed by atoms with Crippen LogP contribution in [-0.2, 0) is 22.3 Å². The molecule has 0 aliphatic carbocycles. The van der Waals surface area contributed by atoms with Crippen LogP contribution in [0.4, 0.5) is 11.5 Å². The fourth-order valence-electron chi connectivity index (χ4n) is 4.04. The number of benzene rings is 1. The number of aryl methyl sites for hydroxylation is 2. The van der Waals surface area contributed by atoms with Gasteiger partial charge in [-0.05, 0) is 36.1 Å². The van der Waals surface area contributed by atoms with Crippen LogP contribution in [0.5, 0.6) is 0 Å². The number of nitrogens with zero attached hydrogens (tertiary/aromatic N) is 3. The summed E-state index contributed by atoms with van der Waals surface area (Å²) in [5.41, 5.74) is 3.93. The van der Waals surface area contributed by atoms with E-state index in [1.807, 2.05) is 6.07 Å². The van der Waals surface area contributed by atoms with Crippen LogP contribution < -0.4 is 5.32 Å². The Morgan fingerprint density at radius 2 is 1.69 bits per heavy atom. The van der Waals surface area contributed by atoms with E-state index in [4.69, 9.17) is 9.47 Å². The summed E-state index contributed by atoms with van der Waals surface area (Å²) in [6.45, 7) is 6.74. The van der Waals surface area contributed by atoms with Crippen molar-refractivity contribution >= 4 is 17.4 Å². The quantitative estimate of drug-likeness (QED) is 0.835. The second-order valence-corrected chi connectivity index (χ2v) is 7.49. The molecule has 2 saturated heterocycles. The number of nitrogens with one attached hydrogen (secondary N) is 1. The zero-order valence-corrected chi connectivity index (χ0v) is 17.1. The molecular weight excluding hydrogens is 368 g/mol. The lowest BCUT2D eigenvalue weighted by molar-refractivity contribution is -0.181. The van der Waals surface area contributed by atoms with Gasteiger partial charge >= 0.3 is 0 Å². The van der Waals surface area contributed by atoms with Crippen LogP contribution >= 0.6 is 0 Å². The van der Waals surface area contributed by atoms with Gasteiger partial charge in [0.15, 0.2) is 17.3 Å². The first-order valence-electron chi connectivity index (χ1n) is 10.4. The van der Waals surface area contributed by atoms with Crippen LogP contribution in [0, 0.1) is 0 Å². The van der Waals surface area contributed by atoms with E-state index >= 15 is 0 Å². The normalized spacial score (nSPS) is 18.2. The summed E-state index contributed by atoms with van der Waals surface area (Å²) >= 11 is 0. The zero-order valence-electron chi connectivity index (χ0n) is 17.1. The summed E-state index contributed by atoms with van der Waals surface area (Å²) in [5.74, 6) is 0.0579. The number of amides is 1. The Labute approximate surface area is 171 Å². The number of piperidine rings is 1. The molecule has 3 heterocycles. The molecule has 0 unspecified atom stereocenters. The Morgan fingerprint density at radius 1 is 1.03 bits per heavy atom. The van der Waals surface area contributed by atoms with Crippen molar-refractivity contribution in [2.45, 2.75) is 45.3 Å². The molecule has 0 bridgehead atoms. The maximum atomic E-state index is 12.8. The number of carbonyl (C=O) groups is 1. The number of likely N-dealkylation sites (tertiary alicyclic amines) is 1. The molecular formula is C22H28N4O3. The van der Waals surface area contributed by atoms with E-state index in [1.165, 1.54) is 11.1 Å². The molecule has 1 aromatic heterocycles. The van der Waals surface area contributed by atoms with Gasteiger partial charge in [-0.1, -0.05) is 32.0 Å². The number of para-hydroxylation sites is 1. The predicted molar refractivity (Wildman–Crippen MR) is 110 cm³/mol. The monoisotopic (exact) mass is 396 g/mol. The first-order valence-corrected chi connectivity index (χ1v) is 10.4. The van der Waals surface area contributed by atoms with Crippen molar-refractivity contribution in [3.8, 4) is 0 Å². The Kier molecular flexibility index (Phi) is 5.78. The molecule has 7 heteroatoms. The van der Waals surface area contributed by atoms with Gasteiger partial charge < -0.3 is 19.7 Å². The van der Waals surface area contributed by atoms with Gasteiger partial charge in [-0.2, -0.15) is 0 Å². The van der Waals surface area contributed by atoms with Gasteiger partial charge in [0.25, 0.3) is 5.91 Å². The number of carbonyl (C=O) groups excluding carboxylic acids is 1. The van der Waals surface area contributed by atoms with Crippen molar-refractivity contribution in [1.82, 2.24) is 15.1 Å². The minimum atomic E-state index is -0.486. The van der Waals surface area contributed by atoms with Crippen LogP contribution in [0.15, 0.2) is 30.3 Å². The Bertz CT molecular complexity index is 831. The molecule has 0 radical (unpaired) electrons. The molecule has 2 aliphatic rings. The number of rotatable bonds is 5. The summed E-state index contributed by atoms with van der Waals surface area (Å²) in [7, 11) is 0. The molecule has 1 aromatic carbocycles. The van der Waals surface area contributed by atoms with E-state index in [1.54, 1.807) is 11.0 Å². The lowest BCUT2D eigenvalue weighted by Gasteiger charge is -2.37. The maximum absolute atomic E-state index is 12.8. The third-order valence-corrected chi connectivity index (χ3v) is 5.76. The molecule has 0 saturated carbocycles. The van der Waals surface area contributed by atoms with Crippen molar-refractivity contribution < 1.29 is 14.3 Å². The number of hydrogen-bond donors (Lipinski definition) is 1. The van der Waals surface area contributed by atoms with Gasteiger partial charge in [0.1, 0.15) is 0 Å². The summed E-state index contributed by atoms with van der Waals surface area (Å²) in [6.07, 6.45) is 3.26. The highest BCUT2D eigenvalue weighted by Crippen LogP contribution is 2.31. The lowest BCUT2D eigenvalue weighted by atomic mass is 10.0. The van der Waals surface area contributed by atoms with E-state index in [2.05, 4.69) is 47.6 Å². The van der Waals surface area contributed by atoms with Gasteiger partial charge in [-0.15, -0.1) is 10.2 Å². The van der Waals surface area contributed by atoms with Crippen molar-refractivity contribution in [1.29, 1.82) is 0 Å². The first-order chi connectivity index (χ1) is 14.1. The lowest BCUT2D eigenvalue weighted by Crippen LogP contribution is -2.47. The minimum Gasteiger partial charge on any atom is -0.347 e. The SMILES string of the molecule is CCc1cccc(CC)c1Nc1ccc(C(=O)N2CCC3(CC2)OCCO3)nn1. The smallest absolute Gasteiger partial charge is 0.274 e. The number of aromatic nitrogens is 2. The highest BCUT2D eigenvalue weighted by atomic mass is 16.7. The molecule has 29 heavy (non-hydrogen) atoms. The van der Waals surface area contributed by atoms with Crippen molar-refractivity contribution in [2.75, 3.05) is 31.6 Å². The molecule has 154 valence electrons. The second-order valence-electron chi connectivity index (χ2n) is 7.49. The fourth-order valence-corrected chi connectivity index (χ4v) is 4.04. The summed E-state index contributed by atoms with van der Waals surface area (Å²) in [5, 5.41) is 11.8. The van der Waals surface area contributed by atoms with E-state index in [0.29, 0.717) is 50.7 Å². The number of ether oxygens (including phenoxy) is 2. The molecule has 2 aliphatic heterocycles. The van der Waals surface area contributed by atoms with Crippen LogP contribution in [0.25, 0.3) is 0 Å². The molecule has 4 rings (SSSR count). The molecule has 1 N–H and O–H groups in total. The second kappa shape index (κ2) is 8.47. The molecule has 1 spiro atoms. The minimum absolute atomic E-state index is 0.0971. The largest absolute Gasteiger partial charge is 0.347 e. The number of anilines is 2. The summed E-state index contributed by atoms with van der Waals surface area (Å²) < 4.78 is 11.5. The van der Waals surface area contributed by atoms with E-state index < -0.39 is 5.79 Å². The van der Waals surface area contributed by atoms with Crippen LogP contribution in [0.1, 0.15) is 48.3 Å². The van der Waals surface area contributed by atoms with Crippen molar-refractivity contribution in [2.24, 2.45) is 0 Å². The Hall–Kier alpha value is -2.51. The molecule has 7 nitrogen and oxygen atoms in total. The van der Waals surface area contributed by atoms with Crippen molar-refractivity contribution in [3.05, 3.63) is 47.2 Å². The highest BCUT2D eigenvalue weighted by Gasteiger charge is 2.41. The van der Waals surface area contributed by atoms with Gasteiger partial charge in [0.2, 0.25) is 0 Å². The first kappa shape index (κ1) is 19.8. The van der Waals surface area contributed by atoms with Gasteiger partial charge in [-0.3, -0.25) is 4.79 Å². The fraction of sp³-hybridized carbons (Fsp3) is 0.500. The predicted octanol–water partition coefficient (Wildman–Crippen LogP) is 3.32. The summed E-state index contributed by atoms with van der Waals surface area (Å²) in [6, 6.07) is 9.88. The average Bonchev–Trinajstić information content (AvgIpc) is 3.22. The van der Waals surface area contributed by atoms with Gasteiger partial charge in [0, 0.05) is 31.6 Å². The van der Waals surface area contributed by atoms with Crippen LogP contribution in [0.3, 0.4) is 0 Å². The van der Waals surface area contributed by atoms with Crippen LogP contribution in [0.2, 0.25) is 0 Å². The molecule has 2 aromatic rings.